The monoisotopic (exact) mass is 330 g/mol. The van der Waals surface area contributed by atoms with Crippen molar-refractivity contribution >= 4 is 29.9 Å². The molecule has 0 radical (unpaired) electrons. The Morgan fingerprint density at radius 2 is 1.92 bits per heavy atom. The quantitative estimate of drug-likeness (QED) is 0.485. The lowest BCUT2D eigenvalue weighted by molar-refractivity contribution is -0.738. The van der Waals surface area contributed by atoms with Gasteiger partial charge < -0.3 is 10.5 Å². The maximum atomic E-state index is 12.3. The maximum absolute atomic E-state index is 12.3. The molecule has 0 saturated heterocycles. The molecular formula is C16H20N5O3+. The Hall–Kier alpha value is -2.87. The van der Waals surface area contributed by atoms with Crippen molar-refractivity contribution in [1.29, 1.82) is 5.41 Å². The molecule has 1 aromatic carbocycles. The number of aliphatic imine (C=N–C) groups is 2. The Labute approximate surface area is 139 Å². The van der Waals surface area contributed by atoms with Gasteiger partial charge in [-0.15, -0.1) is 0 Å². The van der Waals surface area contributed by atoms with E-state index in [9.17, 15) is 9.59 Å². The highest BCUT2D eigenvalue weighted by Gasteiger charge is 2.38. The molecule has 3 N–H and O–H groups in total. The largest absolute Gasteiger partial charge is 0.522 e. The van der Waals surface area contributed by atoms with Crippen molar-refractivity contribution in [3.63, 3.8) is 0 Å². The first-order valence-electron chi connectivity index (χ1n) is 7.28. The number of methoxy groups -OCH3 is 1. The van der Waals surface area contributed by atoms with Gasteiger partial charge in [-0.3, -0.25) is 10.4 Å². The number of benzene rings is 1. The molecule has 1 heterocycles. The second kappa shape index (κ2) is 6.71. The Kier molecular flexibility index (Phi) is 4.89. The molecule has 0 spiro atoms. The zero-order valence-electron chi connectivity index (χ0n) is 13.8. The van der Waals surface area contributed by atoms with Crippen LogP contribution in [0.25, 0.3) is 0 Å². The summed E-state index contributed by atoms with van der Waals surface area (Å²) in [4.78, 5) is 32.6. The van der Waals surface area contributed by atoms with Crippen molar-refractivity contribution in [3.05, 3.63) is 35.4 Å². The van der Waals surface area contributed by atoms with Gasteiger partial charge in [0.2, 0.25) is 0 Å². The van der Waals surface area contributed by atoms with Gasteiger partial charge in [0.1, 0.15) is 11.9 Å². The van der Waals surface area contributed by atoms with Gasteiger partial charge in [-0.05, 0) is 0 Å². The summed E-state index contributed by atoms with van der Waals surface area (Å²) in [5, 5.41) is 7.37. The fourth-order valence-electron chi connectivity index (χ4n) is 2.16. The van der Waals surface area contributed by atoms with Gasteiger partial charge in [0, 0.05) is 17.3 Å². The van der Waals surface area contributed by atoms with E-state index in [2.05, 4.69) is 14.7 Å². The number of nitrogens with two attached hydrogens (primary N) is 1. The lowest BCUT2D eigenvalue weighted by Gasteiger charge is -2.22. The number of hydrogen-bond donors (Lipinski definition) is 2. The first-order chi connectivity index (χ1) is 11.3. The van der Waals surface area contributed by atoms with E-state index >= 15 is 0 Å². The van der Waals surface area contributed by atoms with E-state index in [4.69, 9.17) is 11.1 Å². The van der Waals surface area contributed by atoms with Crippen molar-refractivity contribution in [2.24, 2.45) is 15.7 Å². The first-order valence-corrected chi connectivity index (χ1v) is 7.28. The number of rotatable bonds is 4. The molecular weight excluding hydrogens is 310 g/mol. The summed E-state index contributed by atoms with van der Waals surface area (Å²) in [6.07, 6.45) is 1.02. The van der Waals surface area contributed by atoms with Crippen LogP contribution < -0.4 is 5.73 Å². The molecule has 1 aliphatic rings. The first kappa shape index (κ1) is 17.5. The maximum Gasteiger partial charge on any atom is 0.522 e. The SMILES string of the molecule is COC(=O)[N+](C)(C)C(=O)CC1C=NC(c2ccc(C(=N)N)cc2)=N1. The second-order valence-corrected chi connectivity index (χ2v) is 5.81. The van der Waals surface area contributed by atoms with Crippen LogP contribution >= 0.6 is 0 Å². The number of nitrogens with one attached hydrogen (secondary N) is 1. The minimum Gasteiger partial charge on any atom is -0.423 e. The van der Waals surface area contributed by atoms with E-state index in [0.717, 1.165) is 5.56 Å². The van der Waals surface area contributed by atoms with E-state index in [-0.39, 0.29) is 18.2 Å². The highest BCUT2D eigenvalue weighted by atomic mass is 16.5. The van der Waals surface area contributed by atoms with Crippen LogP contribution in [0.5, 0.6) is 0 Å². The van der Waals surface area contributed by atoms with Crippen LogP contribution in [0.15, 0.2) is 34.3 Å². The van der Waals surface area contributed by atoms with E-state index in [1.807, 2.05) is 0 Å². The number of nitrogen functional groups attached to an aromatic ring is 1. The van der Waals surface area contributed by atoms with Crippen molar-refractivity contribution in [2.45, 2.75) is 12.5 Å². The number of carbonyl (C=O) groups excluding carboxylic acids is 2. The molecule has 1 aliphatic heterocycles. The molecule has 2 rings (SSSR count). The summed E-state index contributed by atoms with van der Waals surface area (Å²) >= 11 is 0. The molecule has 0 aliphatic carbocycles. The average Bonchev–Trinajstić information content (AvgIpc) is 3.02. The Morgan fingerprint density at radius 3 is 2.46 bits per heavy atom. The van der Waals surface area contributed by atoms with Crippen molar-refractivity contribution < 1.29 is 18.8 Å². The van der Waals surface area contributed by atoms with Gasteiger partial charge in [0.25, 0.3) is 0 Å². The van der Waals surface area contributed by atoms with Gasteiger partial charge in [0.05, 0.1) is 27.6 Å². The molecule has 24 heavy (non-hydrogen) atoms. The van der Waals surface area contributed by atoms with Crippen LogP contribution in [0.1, 0.15) is 17.5 Å². The summed E-state index contributed by atoms with van der Waals surface area (Å²) in [6.45, 7) is 0. The van der Waals surface area contributed by atoms with Crippen LogP contribution in [0.3, 0.4) is 0 Å². The normalized spacial score (nSPS) is 16.6. The molecule has 1 aromatic rings. The van der Waals surface area contributed by atoms with Crippen molar-refractivity contribution in [1.82, 2.24) is 0 Å². The van der Waals surface area contributed by atoms with Gasteiger partial charge >= 0.3 is 12.0 Å². The highest BCUT2D eigenvalue weighted by molar-refractivity contribution is 6.08. The Balaban J connectivity index is 2.09. The lowest BCUT2D eigenvalue weighted by Crippen LogP contribution is -2.51. The molecule has 126 valence electrons. The number of quaternary nitrogens is 1. The van der Waals surface area contributed by atoms with E-state index in [1.165, 1.54) is 21.2 Å². The number of amidine groups is 2. The summed E-state index contributed by atoms with van der Waals surface area (Å²) < 4.78 is 4.14. The topological polar surface area (TPSA) is 118 Å². The lowest BCUT2D eigenvalue weighted by atomic mass is 10.1. The summed E-state index contributed by atoms with van der Waals surface area (Å²) in [5.74, 6) is 0.186. The standard InChI is InChI=1S/C16H20N5O3/c1-21(2,16(23)24-3)13(22)8-12-9-19-15(20-12)11-6-4-10(5-7-11)14(17)18/h4-7,9,12H,8H2,1-3H3,(H3,17,18)/q+1. The summed E-state index contributed by atoms with van der Waals surface area (Å²) in [5.41, 5.74) is 6.80. The van der Waals surface area contributed by atoms with Gasteiger partial charge in [-0.2, -0.15) is 9.28 Å². The molecule has 8 heteroatoms. The zero-order valence-corrected chi connectivity index (χ0v) is 13.8. The third-order valence-corrected chi connectivity index (χ3v) is 3.75. The smallest absolute Gasteiger partial charge is 0.423 e. The number of carbonyl (C=O) groups is 2. The summed E-state index contributed by atoms with van der Waals surface area (Å²) in [6, 6.07) is 6.55. The minimum absolute atomic E-state index is 0.00954. The van der Waals surface area contributed by atoms with Crippen LogP contribution in [0.2, 0.25) is 0 Å². The van der Waals surface area contributed by atoms with Crippen molar-refractivity contribution in [3.8, 4) is 0 Å². The predicted octanol–water partition coefficient (Wildman–Crippen LogP) is 0.930. The Morgan fingerprint density at radius 1 is 1.29 bits per heavy atom. The zero-order chi connectivity index (χ0) is 17.9. The second-order valence-electron chi connectivity index (χ2n) is 5.81. The fraction of sp³-hybridized carbons (Fsp3) is 0.312. The molecule has 1 atom stereocenters. The molecule has 1 unspecified atom stereocenters. The van der Waals surface area contributed by atoms with Crippen LogP contribution in [0, 0.1) is 5.41 Å². The number of amides is 2. The third kappa shape index (κ3) is 3.54. The van der Waals surface area contributed by atoms with E-state index in [1.54, 1.807) is 30.5 Å². The molecule has 8 nitrogen and oxygen atoms in total. The van der Waals surface area contributed by atoms with Crippen molar-refractivity contribution in [2.75, 3.05) is 21.2 Å². The third-order valence-electron chi connectivity index (χ3n) is 3.75. The highest BCUT2D eigenvalue weighted by Crippen LogP contribution is 2.15. The van der Waals surface area contributed by atoms with E-state index in [0.29, 0.717) is 11.4 Å². The van der Waals surface area contributed by atoms with Crippen LogP contribution in [-0.2, 0) is 9.53 Å². The molecule has 0 fully saturated rings. The number of hydrogen-bond acceptors (Lipinski definition) is 6. The average molecular weight is 330 g/mol. The van der Waals surface area contributed by atoms with Gasteiger partial charge in [-0.1, -0.05) is 24.3 Å². The van der Waals surface area contributed by atoms with Crippen LogP contribution in [0.4, 0.5) is 4.79 Å². The minimum atomic E-state index is -0.626. The Bertz CT molecular complexity index is 735. The molecule has 0 aromatic heterocycles. The fourth-order valence-corrected chi connectivity index (χ4v) is 2.16. The summed E-state index contributed by atoms with van der Waals surface area (Å²) in [7, 11) is 4.20. The molecule has 0 saturated carbocycles. The van der Waals surface area contributed by atoms with Gasteiger partial charge in [-0.25, -0.2) is 9.79 Å². The number of ether oxygens (including phenoxy) is 1. The molecule has 0 bridgehead atoms. The van der Waals surface area contributed by atoms with E-state index < -0.39 is 16.6 Å². The predicted molar refractivity (Wildman–Crippen MR) is 90.4 cm³/mol. The number of imide groups is 1. The van der Waals surface area contributed by atoms with Gasteiger partial charge in [0.15, 0.2) is 5.84 Å². The van der Waals surface area contributed by atoms with Crippen LogP contribution in [-0.4, -0.2) is 61.6 Å². The molecule has 2 amide bonds. The number of nitrogens with zero attached hydrogens (tertiary/aromatic N) is 3.